The monoisotopic (exact) mass is 469 g/mol. The van der Waals surface area contributed by atoms with Gasteiger partial charge in [-0.1, -0.05) is 26.7 Å². The molecule has 0 amide bonds. The van der Waals surface area contributed by atoms with Crippen LogP contribution in [0.25, 0.3) is 5.53 Å². The van der Waals surface area contributed by atoms with Gasteiger partial charge in [0.2, 0.25) is 5.76 Å². The first-order valence-corrected chi connectivity index (χ1v) is 9.04. The van der Waals surface area contributed by atoms with Gasteiger partial charge in [-0.3, -0.25) is 0 Å². The third kappa shape index (κ3) is 8.97. The zero-order valence-corrected chi connectivity index (χ0v) is 20.9. The van der Waals surface area contributed by atoms with E-state index in [9.17, 15) is 5.53 Å². The molecule has 1 fully saturated rings. The van der Waals surface area contributed by atoms with E-state index in [1.807, 2.05) is 6.08 Å². The third-order valence-corrected chi connectivity index (χ3v) is 4.17. The molecule has 0 saturated carbocycles. The van der Waals surface area contributed by atoms with E-state index in [1.54, 1.807) is 0 Å². The number of hydrogen-bond donors (Lipinski definition) is 0. The van der Waals surface area contributed by atoms with Crippen LogP contribution in [-0.2, 0) is 33.7 Å². The zero-order chi connectivity index (χ0) is 17.2. The molecular formula is C18H29Cl2N3O3Zn. The molecule has 1 heterocycles. The van der Waals surface area contributed by atoms with Crippen LogP contribution in [0.4, 0.5) is 0 Å². The predicted molar refractivity (Wildman–Crippen MR) is 92.5 cm³/mol. The van der Waals surface area contributed by atoms with Crippen molar-refractivity contribution in [1.82, 2.24) is 4.90 Å². The normalized spacial score (nSPS) is 16.3. The van der Waals surface area contributed by atoms with E-state index in [0.29, 0.717) is 44.3 Å². The van der Waals surface area contributed by atoms with Crippen LogP contribution in [0.2, 0.25) is 0 Å². The Morgan fingerprint density at radius 2 is 1.67 bits per heavy atom. The molecule has 0 spiro atoms. The molecule has 0 aromatic carbocycles. The van der Waals surface area contributed by atoms with Crippen LogP contribution in [-0.4, -0.2) is 54.9 Å². The van der Waals surface area contributed by atoms with Crippen molar-refractivity contribution in [2.24, 2.45) is 0 Å². The Morgan fingerprint density at radius 1 is 1.07 bits per heavy atom. The number of unbranched alkanes of at least 4 members (excludes halogenated alkanes) is 2. The van der Waals surface area contributed by atoms with Crippen LogP contribution in [0.5, 0.6) is 0 Å². The Kier molecular flexibility index (Phi) is 17.4. The van der Waals surface area contributed by atoms with Gasteiger partial charge in [0, 0.05) is 19.2 Å². The van der Waals surface area contributed by atoms with Crippen molar-refractivity contribution in [1.29, 1.82) is 0 Å². The summed E-state index contributed by atoms with van der Waals surface area (Å²) < 4.78 is 17.3. The average molecular weight is 472 g/mol. The Labute approximate surface area is 187 Å². The van der Waals surface area contributed by atoms with E-state index in [-0.39, 0.29) is 44.3 Å². The van der Waals surface area contributed by atoms with Gasteiger partial charge >= 0.3 is 25.2 Å². The van der Waals surface area contributed by atoms with Gasteiger partial charge in [-0.2, -0.15) is 4.79 Å². The van der Waals surface area contributed by atoms with Crippen molar-refractivity contribution in [2.75, 3.05) is 39.5 Å². The van der Waals surface area contributed by atoms with Crippen molar-refractivity contribution in [3.8, 4) is 0 Å². The first-order valence-electron chi connectivity index (χ1n) is 9.04. The summed E-state index contributed by atoms with van der Waals surface area (Å²) in [5.41, 5.74) is 10.9. The Morgan fingerprint density at radius 3 is 2.22 bits per heavy atom. The molecular weight excluding hydrogens is 443 g/mol. The molecule has 1 saturated heterocycles. The van der Waals surface area contributed by atoms with E-state index in [4.69, 9.17) is 14.2 Å². The van der Waals surface area contributed by atoms with Gasteiger partial charge in [-0.15, -0.1) is 0 Å². The van der Waals surface area contributed by atoms with Crippen molar-refractivity contribution in [3.05, 3.63) is 28.8 Å². The number of hydrogen-bond acceptors (Lipinski definition) is 4. The topological polar surface area (TPSA) is 67.3 Å². The van der Waals surface area contributed by atoms with Gasteiger partial charge in [0.15, 0.2) is 0 Å². The first-order chi connectivity index (χ1) is 11.8. The van der Waals surface area contributed by atoms with Gasteiger partial charge in [-0.05, 0) is 12.8 Å². The molecule has 0 unspecified atom stereocenters. The number of rotatable bonds is 9. The van der Waals surface area contributed by atoms with E-state index >= 15 is 0 Å². The molecule has 1 aliphatic heterocycles. The molecule has 0 bridgehead atoms. The van der Waals surface area contributed by atoms with Gasteiger partial charge in [0.25, 0.3) is 0 Å². The Balaban J connectivity index is 0. The second kappa shape index (κ2) is 16.4. The Hall–Kier alpha value is -0.577. The maximum Gasteiger partial charge on any atom is 2.00 e. The summed E-state index contributed by atoms with van der Waals surface area (Å²) in [7, 11) is 0. The van der Waals surface area contributed by atoms with Crippen LogP contribution in [0.3, 0.4) is 0 Å². The van der Waals surface area contributed by atoms with E-state index in [0.717, 1.165) is 50.2 Å². The zero-order valence-electron chi connectivity index (χ0n) is 16.4. The summed E-state index contributed by atoms with van der Waals surface area (Å²) >= 11 is 0. The van der Waals surface area contributed by atoms with Crippen molar-refractivity contribution < 1.29 is 63.3 Å². The number of morpholine rings is 1. The number of allylic oxidation sites excluding steroid dienone is 3. The SMILES string of the molecule is CCCCOC1=CC(N2CCOCC2)=C(OCCCC)CC1=[N+]=[N-].[Cl-].[Cl-].[Zn+2]. The molecule has 6 nitrogen and oxygen atoms in total. The van der Waals surface area contributed by atoms with E-state index < -0.39 is 0 Å². The second-order valence-electron chi connectivity index (χ2n) is 6.04. The fourth-order valence-electron chi connectivity index (χ4n) is 2.69. The van der Waals surface area contributed by atoms with E-state index in [1.165, 1.54) is 0 Å². The second-order valence-corrected chi connectivity index (χ2v) is 6.04. The molecule has 0 N–H and O–H groups in total. The molecule has 2 aliphatic rings. The van der Waals surface area contributed by atoms with Crippen molar-refractivity contribution >= 4 is 5.71 Å². The van der Waals surface area contributed by atoms with E-state index in [2.05, 4.69) is 23.5 Å². The molecule has 0 atom stereocenters. The minimum Gasteiger partial charge on any atom is -1.00 e. The summed E-state index contributed by atoms with van der Waals surface area (Å²) in [6.45, 7) is 8.67. The molecule has 2 rings (SSSR count). The molecule has 150 valence electrons. The van der Waals surface area contributed by atoms with Crippen LogP contribution in [0.1, 0.15) is 46.0 Å². The summed E-state index contributed by atoms with van der Waals surface area (Å²) in [4.78, 5) is 5.70. The molecule has 0 aromatic heterocycles. The summed E-state index contributed by atoms with van der Waals surface area (Å²) in [6, 6.07) is 0. The van der Waals surface area contributed by atoms with Gasteiger partial charge in [-0.25, -0.2) is 0 Å². The summed E-state index contributed by atoms with van der Waals surface area (Å²) in [5, 5.41) is 0. The Bertz CT molecular complexity index is 532. The van der Waals surface area contributed by atoms with Gasteiger partial charge in [0.1, 0.15) is 12.2 Å². The average Bonchev–Trinajstić information content (AvgIpc) is 2.63. The molecule has 9 heteroatoms. The van der Waals surface area contributed by atoms with Crippen LogP contribution < -0.4 is 24.8 Å². The van der Waals surface area contributed by atoms with Gasteiger partial charge in [0.05, 0.1) is 32.1 Å². The molecule has 27 heavy (non-hydrogen) atoms. The molecule has 1 aliphatic carbocycles. The quantitative estimate of drug-likeness (QED) is 0.157. The maximum absolute atomic E-state index is 9.36. The molecule has 0 radical (unpaired) electrons. The standard InChI is InChI=1S/C18H29N3O3.2ClH.Zn/c1-3-5-9-23-17-14-16(21-7-11-22-12-8-21)18(13-15(17)20-19)24-10-6-4-2;;;/h14H,3-13H2,1-2H3;2*1H;/q;;;+2/p-2. The van der Waals surface area contributed by atoms with Crippen molar-refractivity contribution in [3.63, 3.8) is 0 Å². The summed E-state index contributed by atoms with van der Waals surface area (Å²) in [5.74, 6) is 1.51. The van der Waals surface area contributed by atoms with Crippen LogP contribution >= 0.6 is 0 Å². The largest absolute Gasteiger partial charge is 2.00 e. The predicted octanol–water partition coefficient (Wildman–Crippen LogP) is -2.87. The van der Waals surface area contributed by atoms with Gasteiger partial charge < -0.3 is 49.5 Å². The first kappa shape index (κ1) is 28.6. The smallest absolute Gasteiger partial charge is 1.00 e. The minimum atomic E-state index is 0. The maximum atomic E-state index is 9.36. The number of ether oxygens (including phenoxy) is 3. The van der Waals surface area contributed by atoms with Crippen LogP contribution in [0.15, 0.2) is 23.3 Å². The number of halogens is 2. The fourth-order valence-corrected chi connectivity index (χ4v) is 2.69. The minimum absolute atomic E-state index is 0. The third-order valence-electron chi connectivity index (χ3n) is 4.17. The van der Waals surface area contributed by atoms with Crippen molar-refractivity contribution in [2.45, 2.75) is 46.0 Å². The number of nitrogens with zero attached hydrogens (tertiary/aromatic N) is 3. The fraction of sp³-hybridized carbons (Fsp3) is 0.722. The molecule has 0 aromatic rings. The summed E-state index contributed by atoms with van der Waals surface area (Å²) in [6.07, 6.45) is 6.56. The van der Waals surface area contributed by atoms with Crippen LogP contribution in [0, 0.1) is 0 Å².